The van der Waals surface area contributed by atoms with Crippen LogP contribution in [0.2, 0.25) is 0 Å². The molecule has 0 amide bonds. The van der Waals surface area contributed by atoms with Gasteiger partial charge in [0.1, 0.15) is 6.54 Å². The second-order valence-electron chi connectivity index (χ2n) is 3.44. The van der Waals surface area contributed by atoms with E-state index in [1.54, 1.807) is 12.1 Å². The Kier molecular flexibility index (Phi) is 2.53. The fourth-order valence-electron chi connectivity index (χ4n) is 1.59. The first-order valence-corrected chi connectivity index (χ1v) is 4.64. The summed E-state index contributed by atoms with van der Waals surface area (Å²) in [5, 5.41) is 12.8. The number of alkyl halides is 3. The third-order valence-corrected chi connectivity index (χ3v) is 2.18. The van der Waals surface area contributed by atoms with Crippen LogP contribution in [-0.2, 0) is 6.54 Å². The highest BCUT2D eigenvalue weighted by Gasteiger charge is 2.31. The molecule has 4 nitrogen and oxygen atoms in total. The molecule has 0 aliphatic carbocycles. The first kappa shape index (κ1) is 11.4. The number of nitrogens with zero attached hydrogens (tertiary/aromatic N) is 2. The van der Waals surface area contributed by atoms with Gasteiger partial charge in [0.2, 0.25) is 0 Å². The average molecular weight is 244 g/mol. The number of fused-ring (bicyclic) bond motifs is 1. The number of rotatable bonds is 2. The highest BCUT2D eigenvalue weighted by atomic mass is 19.4. The summed E-state index contributed by atoms with van der Waals surface area (Å²) >= 11 is 0. The van der Waals surface area contributed by atoms with Gasteiger partial charge in [0.15, 0.2) is 5.69 Å². The predicted octanol–water partition coefficient (Wildman–Crippen LogP) is 2.30. The summed E-state index contributed by atoms with van der Waals surface area (Å²) in [7, 11) is 0. The van der Waals surface area contributed by atoms with Crippen LogP contribution in [0.15, 0.2) is 24.3 Å². The molecule has 1 heterocycles. The maximum absolute atomic E-state index is 12.3. The zero-order valence-corrected chi connectivity index (χ0v) is 8.40. The molecule has 0 unspecified atom stereocenters. The van der Waals surface area contributed by atoms with Crippen molar-refractivity contribution < 1.29 is 23.1 Å². The number of aromatic carboxylic acids is 1. The third-order valence-electron chi connectivity index (χ3n) is 2.18. The number of carboxylic acid groups (broad SMARTS) is 1. The Bertz CT molecular complexity index is 574. The first-order chi connectivity index (χ1) is 7.88. The van der Waals surface area contributed by atoms with Crippen molar-refractivity contribution in [1.29, 1.82) is 0 Å². The summed E-state index contributed by atoms with van der Waals surface area (Å²) in [4.78, 5) is 11.0. The van der Waals surface area contributed by atoms with Crippen molar-refractivity contribution >= 4 is 16.9 Å². The van der Waals surface area contributed by atoms with E-state index in [1.807, 2.05) is 0 Å². The number of hydrogen-bond donors (Lipinski definition) is 1. The average Bonchev–Trinajstić information content (AvgIpc) is 2.51. The Morgan fingerprint density at radius 3 is 2.59 bits per heavy atom. The van der Waals surface area contributed by atoms with E-state index in [0.29, 0.717) is 4.68 Å². The lowest BCUT2D eigenvalue weighted by atomic mass is 10.2. The smallest absolute Gasteiger partial charge is 0.408 e. The first-order valence-electron chi connectivity index (χ1n) is 4.64. The molecular weight excluding hydrogens is 237 g/mol. The van der Waals surface area contributed by atoms with Crippen LogP contribution in [0.4, 0.5) is 13.2 Å². The fraction of sp³-hybridized carbons (Fsp3) is 0.200. The topological polar surface area (TPSA) is 55.1 Å². The molecule has 0 saturated heterocycles. The van der Waals surface area contributed by atoms with Gasteiger partial charge in [0, 0.05) is 5.39 Å². The van der Waals surface area contributed by atoms with Gasteiger partial charge in [-0.25, -0.2) is 9.48 Å². The number of benzene rings is 1. The standard InChI is InChI=1S/C10H7F3N2O2/c11-10(12,13)5-15-8(9(16)17)6-3-1-2-4-7(6)14-15/h1-4H,5H2,(H,16,17). The highest BCUT2D eigenvalue weighted by molar-refractivity contribution is 6.01. The molecule has 0 aliphatic rings. The number of carbonyl (C=O) groups is 1. The molecule has 0 spiro atoms. The molecular formula is C10H7F3N2O2. The predicted molar refractivity (Wildman–Crippen MR) is 52.7 cm³/mol. The summed E-state index contributed by atoms with van der Waals surface area (Å²) in [5.41, 5.74) is -0.216. The SMILES string of the molecule is O=C(O)c1c2ccccc2nn1CC(F)(F)F. The molecule has 1 N–H and O–H groups in total. The summed E-state index contributed by atoms with van der Waals surface area (Å²) in [6.07, 6.45) is -4.51. The Morgan fingerprint density at radius 1 is 1.35 bits per heavy atom. The van der Waals surface area contributed by atoms with Gasteiger partial charge < -0.3 is 5.11 Å². The normalized spacial score (nSPS) is 11.9. The Morgan fingerprint density at radius 2 is 2.00 bits per heavy atom. The molecule has 7 heteroatoms. The Labute approximate surface area is 93.3 Å². The van der Waals surface area contributed by atoms with Crippen molar-refractivity contribution in [1.82, 2.24) is 9.78 Å². The number of halogens is 3. The maximum atomic E-state index is 12.3. The lowest BCUT2D eigenvalue weighted by Crippen LogP contribution is -2.22. The molecule has 0 saturated carbocycles. The van der Waals surface area contributed by atoms with E-state index in [1.165, 1.54) is 12.1 Å². The molecule has 0 fully saturated rings. The summed E-state index contributed by atoms with van der Waals surface area (Å²) in [6, 6.07) is 6.03. The van der Waals surface area contributed by atoms with Crippen LogP contribution in [0.3, 0.4) is 0 Å². The minimum Gasteiger partial charge on any atom is -0.477 e. The number of hydrogen-bond acceptors (Lipinski definition) is 2. The largest absolute Gasteiger partial charge is 0.477 e. The lowest BCUT2D eigenvalue weighted by Gasteiger charge is -2.07. The second kappa shape index (κ2) is 3.76. The highest BCUT2D eigenvalue weighted by Crippen LogP contribution is 2.23. The summed E-state index contributed by atoms with van der Waals surface area (Å²) < 4.78 is 37.2. The van der Waals surface area contributed by atoms with Crippen molar-refractivity contribution in [2.75, 3.05) is 0 Å². The molecule has 90 valence electrons. The van der Waals surface area contributed by atoms with E-state index in [2.05, 4.69) is 5.10 Å². The van der Waals surface area contributed by atoms with Gasteiger partial charge in [0.25, 0.3) is 0 Å². The van der Waals surface area contributed by atoms with E-state index in [-0.39, 0.29) is 10.9 Å². The minimum absolute atomic E-state index is 0.198. The van der Waals surface area contributed by atoms with Crippen LogP contribution in [0.1, 0.15) is 10.5 Å². The van der Waals surface area contributed by atoms with Crippen LogP contribution in [0, 0.1) is 0 Å². The van der Waals surface area contributed by atoms with E-state index in [0.717, 1.165) is 0 Å². The summed E-state index contributed by atoms with van der Waals surface area (Å²) in [5.74, 6) is -1.43. The van der Waals surface area contributed by atoms with Crippen molar-refractivity contribution in [3.05, 3.63) is 30.0 Å². The fourth-order valence-corrected chi connectivity index (χ4v) is 1.59. The Balaban J connectivity index is 2.62. The van der Waals surface area contributed by atoms with Gasteiger partial charge in [-0.2, -0.15) is 18.3 Å². The third kappa shape index (κ3) is 2.22. The van der Waals surface area contributed by atoms with Crippen LogP contribution in [0.25, 0.3) is 10.9 Å². The van der Waals surface area contributed by atoms with Gasteiger partial charge >= 0.3 is 12.1 Å². The van der Waals surface area contributed by atoms with Crippen LogP contribution >= 0.6 is 0 Å². The molecule has 1 aromatic heterocycles. The van der Waals surface area contributed by atoms with Crippen LogP contribution in [0.5, 0.6) is 0 Å². The molecule has 0 bridgehead atoms. The second-order valence-corrected chi connectivity index (χ2v) is 3.44. The zero-order valence-electron chi connectivity index (χ0n) is 8.40. The van der Waals surface area contributed by atoms with E-state index in [4.69, 9.17) is 5.11 Å². The minimum atomic E-state index is -4.51. The van der Waals surface area contributed by atoms with Gasteiger partial charge in [0.05, 0.1) is 5.52 Å². The maximum Gasteiger partial charge on any atom is 0.408 e. The molecule has 2 aromatic rings. The molecule has 0 radical (unpaired) electrons. The van der Waals surface area contributed by atoms with E-state index < -0.39 is 24.4 Å². The van der Waals surface area contributed by atoms with Crippen LogP contribution in [-0.4, -0.2) is 27.0 Å². The van der Waals surface area contributed by atoms with Crippen molar-refractivity contribution in [3.63, 3.8) is 0 Å². The molecule has 0 atom stereocenters. The van der Waals surface area contributed by atoms with Crippen molar-refractivity contribution in [2.45, 2.75) is 12.7 Å². The molecule has 1 aromatic carbocycles. The van der Waals surface area contributed by atoms with E-state index in [9.17, 15) is 18.0 Å². The van der Waals surface area contributed by atoms with Gasteiger partial charge in [-0.05, 0) is 6.07 Å². The van der Waals surface area contributed by atoms with E-state index >= 15 is 0 Å². The zero-order chi connectivity index (χ0) is 12.6. The molecule has 17 heavy (non-hydrogen) atoms. The number of carboxylic acids is 1. The quantitative estimate of drug-likeness (QED) is 0.881. The number of aromatic nitrogens is 2. The summed E-state index contributed by atoms with van der Waals surface area (Å²) in [6.45, 7) is -1.41. The molecule has 2 rings (SSSR count). The monoisotopic (exact) mass is 244 g/mol. The van der Waals surface area contributed by atoms with Crippen LogP contribution < -0.4 is 0 Å². The van der Waals surface area contributed by atoms with Gasteiger partial charge in [-0.15, -0.1) is 0 Å². The Hall–Kier alpha value is -2.05. The van der Waals surface area contributed by atoms with Gasteiger partial charge in [-0.1, -0.05) is 18.2 Å². The lowest BCUT2D eigenvalue weighted by molar-refractivity contribution is -0.142. The molecule has 0 aliphatic heterocycles. The van der Waals surface area contributed by atoms with Crippen molar-refractivity contribution in [2.24, 2.45) is 0 Å². The van der Waals surface area contributed by atoms with Crippen molar-refractivity contribution in [3.8, 4) is 0 Å². The van der Waals surface area contributed by atoms with Gasteiger partial charge in [-0.3, -0.25) is 0 Å².